The first-order valence-corrected chi connectivity index (χ1v) is 7.13. The summed E-state index contributed by atoms with van der Waals surface area (Å²) in [5, 5.41) is 2.59. The lowest BCUT2D eigenvalue weighted by atomic mass is 10.2. The first kappa shape index (κ1) is 16.1. The molecule has 126 valence electrons. The maximum atomic E-state index is 12.4. The molecular formula is C16H13F3N2O3. The Bertz CT molecular complexity index is 732. The van der Waals surface area contributed by atoms with Gasteiger partial charge in [0.25, 0.3) is 5.91 Å². The van der Waals surface area contributed by atoms with Crippen LogP contribution in [0.1, 0.15) is 16.1 Å². The summed E-state index contributed by atoms with van der Waals surface area (Å²) in [6.07, 6.45) is -4.02. The van der Waals surface area contributed by atoms with Crippen LogP contribution >= 0.6 is 0 Å². The number of aromatic nitrogens is 1. The van der Waals surface area contributed by atoms with Gasteiger partial charge in [0.15, 0.2) is 11.5 Å². The highest BCUT2D eigenvalue weighted by Crippen LogP contribution is 2.30. The third-order valence-corrected chi connectivity index (χ3v) is 3.37. The second kappa shape index (κ2) is 6.38. The summed E-state index contributed by atoms with van der Waals surface area (Å²) in [4.78, 5) is 15.2. The molecule has 1 aliphatic heterocycles. The highest BCUT2D eigenvalue weighted by molar-refractivity contribution is 5.93. The lowest BCUT2D eigenvalue weighted by molar-refractivity contribution is -0.141. The number of carbonyl (C=O) groups is 1. The fourth-order valence-electron chi connectivity index (χ4n) is 2.17. The molecule has 1 aromatic heterocycles. The van der Waals surface area contributed by atoms with Gasteiger partial charge in [0, 0.05) is 6.20 Å². The number of nitrogens with zero attached hydrogens (tertiary/aromatic N) is 1. The molecule has 2 aromatic rings. The normalized spacial score (nSPS) is 16.5. The minimum Gasteiger partial charge on any atom is -0.486 e. The van der Waals surface area contributed by atoms with E-state index in [1.54, 1.807) is 18.2 Å². The highest BCUT2D eigenvalue weighted by atomic mass is 19.4. The summed E-state index contributed by atoms with van der Waals surface area (Å²) < 4.78 is 48.5. The quantitative estimate of drug-likeness (QED) is 0.935. The Balaban J connectivity index is 1.56. The average molecular weight is 338 g/mol. The van der Waals surface area contributed by atoms with E-state index in [1.807, 2.05) is 6.07 Å². The summed E-state index contributed by atoms with van der Waals surface area (Å²) in [5.74, 6) is 0.685. The second-order valence-electron chi connectivity index (χ2n) is 5.14. The molecule has 0 spiro atoms. The van der Waals surface area contributed by atoms with Gasteiger partial charge in [-0.15, -0.1) is 0 Å². The van der Waals surface area contributed by atoms with Crippen molar-refractivity contribution in [2.24, 2.45) is 0 Å². The minimum absolute atomic E-state index is 0.0418. The van der Waals surface area contributed by atoms with Crippen molar-refractivity contribution in [2.45, 2.75) is 12.3 Å². The van der Waals surface area contributed by atoms with E-state index in [-0.39, 0.29) is 24.8 Å². The Kier molecular flexibility index (Phi) is 4.28. The molecule has 0 saturated heterocycles. The maximum Gasteiger partial charge on any atom is 0.433 e. The largest absolute Gasteiger partial charge is 0.486 e. The summed E-state index contributed by atoms with van der Waals surface area (Å²) in [7, 11) is 0. The average Bonchev–Trinajstić information content (AvgIpc) is 2.59. The molecule has 1 N–H and O–H groups in total. The van der Waals surface area contributed by atoms with Crippen LogP contribution in [0.15, 0.2) is 42.6 Å². The SMILES string of the molecule is O=C(NCC1COc2ccccc2O1)c1ccc(C(F)(F)F)nc1. The van der Waals surface area contributed by atoms with Crippen LogP contribution in [0.3, 0.4) is 0 Å². The molecule has 0 aliphatic carbocycles. The molecule has 0 saturated carbocycles. The van der Waals surface area contributed by atoms with Gasteiger partial charge in [-0.2, -0.15) is 13.2 Å². The van der Waals surface area contributed by atoms with Crippen molar-refractivity contribution in [3.63, 3.8) is 0 Å². The van der Waals surface area contributed by atoms with Gasteiger partial charge in [-0.05, 0) is 24.3 Å². The third kappa shape index (κ3) is 3.58. The standard InChI is InChI=1S/C16H13F3N2O3/c17-16(18,19)14-6-5-10(7-20-14)15(22)21-8-11-9-23-12-3-1-2-4-13(12)24-11/h1-7,11H,8-9H2,(H,21,22). The van der Waals surface area contributed by atoms with Gasteiger partial charge in [0.2, 0.25) is 0 Å². The van der Waals surface area contributed by atoms with E-state index >= 15 is 0 Å². The number of hydrogen-bond donors (Lipinski definition) is 1. The predicted molar refractivity (Wildman–Crippen MR) is 77.9 cm³/mol. The van der Waals surface area contributed by atoms with Gasteiger partial charge < -0.3 is 14.8 Å². The Morgan fingerprint density at radius 1 is 1.21 bits per heavy atom. The van der Waals surface area contributed by atoms with Crippen molar-refractivity contribution in [3.05, 3.63) is 53.9 Å². The molecule has 3 rings (SSSR count). The minimum atomic E-state index is -4.53. The summed E-state index contributed by atoms with van der Waals surface area (Å²) in [6.45, 7) is 0.427. The fraction of sp³-hybridized carbons (Fsp3) is 0.250. The number of amides is 1. The van der Waals surface area contributed by atoms with Crippen molar-refractivity contribution >= 4 is 5.91 Å². The number of carbonyl (C=O) groups excluding carboxylic acids is 1. The topological polar surface area (TPSA) is 60.5 Å². The zero-order chi connectivity index (χ0) is 17.2. The van der Waals surface area contributed by atoms with Crippen molar-refractivity contribution in [1.82, 2.24) is 10.3 Å². The van der Waals surface area contributed by atoms with E-state index in [4.69, 9.17) is 9.47 Å². The number of hydrogen-bond acceptors (Lipinski definition) is 4. The fourth-order valence-corrected chi connectivity index (χ4v) is 2.17. The van der Waals surface area contributed by atoms with Crippen LogP contribution in [-0.2, 0) is 6.18 Å². The molecule has 0 fully saturated rings. The molecule has 1 unspecified atom stereocenters. The Morgan fingerprint density at radius 2 is 1.96 bits per heavy atom. The van der Waals surface area contributed by atoms with Crippen LogP contribution in [0, 0.1) is 0 Å². The van der Waals surface area contributed by atoms with Gasteiger partial charge in [-0.3, -0.25) is 9.78 Å². The maximum absolute atomic E-state index is 12.4. The van der Waals surface area contributed by atoms with Crippen LogP contribution in [0.5, 0.6) is 11.5 Å². The van der Waals surface area contributed by atoms with Crippen LogP contribution in [0.2, 0.25) is 0 Å². The Labute approximate surface area is 135 Å². The number of halogens is 3. The van der Waals surface area contributed by atoms with E-state index in [9.17, 15) is 18.0 Å². The van der Waals surface area contributed by atoms with Crippen LogP contribution < -0.4 is 14.8 Å². The number of pyridine rings is 1. The van der Waals surface area contributed by atoms with Gasteiger partial charge in [-0.1, -0.05) is 12.1 Å². The first-order chi connectivity index (χ1) is 11.4. The van der Waals surface area contributed by atoms with Gasteiger partial charge >= 0.3 is 6.18 Å². The molecule has 0 bridgehead atoms. The van der Waals surface area contributed by atoms with E-state index in [2.05, 4.69) is 10.3 Å². The Hall–Kier alpha value is -2.77. The molecule has 24 heavy (non-hydrogen) atoms. The zero-order valence-corrected chi connectivity index (χ0v) is 12.3. The molecule has 1 atom stereocenters. The number of nitrogens with one attached hydrogen (secondary N) is 1. The Morgan fingerprint density at radius 3 is 2.62 bits per heavy atom. The van der Waals surface area contributed by atoms with Crippen LogP contribution in [0.4, 0.5) is 13.2 Å². The van der Waals surface area contributed by atoms with Gasteiger partial charge in [0.05, 0.1) is 12.1 Å². The molecule has 1 aliphatic rings. The number of benzene rings is 1. The number of ether oxygens (including phenoxy) is 2. The molecule has 1 amide bonds. The summed E-state index contributed by atoms with van der Waals surface area (Å²) in [6, 6.07) is 9.00. The van der Waals surface area contributed by atoms with Crippen LogP contribution in [-0.4, -0.2) is 30.1 Å². The van der Waals surface area contributed by atoms with E-state index < -0.39 is 17.8 Å². The lowest BCUT2D eigenvalue weighted by Crippen LogP contribution is -2.40. The monoisotopic (exact) mass is 338 g/mol. The first-order valence-electron chi connectivity index (χ1n) is 7.13. The summed E-state index contributed by atoms with van der Waals surface area (Å²) >= 11 is 0. The van der Waals surface area contributed by atoms with Gasteiger partial charge in [-0.25, -0.2) is 0 Å². The summed E-state index contributed by atoms with van der Waals surface area (Å²) in [5.41, 5.74) is -1.00. The van der Waals surface area contributed by atoms with Crippen molar-refractivity contribution in [1.29, 1.82) is 0 Å². The molecule has 8 heteroatoms. The molecule has 5 nitrogen and oxygen atoms in total. The van der Waals surface area contributed by atoms with Crippen LogP contribution in [0.25, 0.3) is 0 Å². The second-order valence-corrected chi connectivity index (χ2v) is 5.14. The molecule has 0 radical (unpaired) electrons. The number of rotatable bonds is 3. The zero-order valence-electron chi connectivity index (χ0n) is 12.3. The third-order valence-electron chi connectivity index (χ3n) is 3.37. The van der Waals surface area contributed by atoms with Crippen molar-refractivity contribution in [3.8, 4) is 11.5 Å². The molecule has 2 heterocycles. The lowest BCUT2D eigenvalue weighted by Gasteiger charge is -2.26. The van der Waals surface area contributed by atoms with Crippen molar-refractivity contribution < 1.29 is 27.4 Å². The highest BCUT2D eigenvalue weighted by Gasteiger charge is 2.32. The van der Waals surface area contributed by atoms with E-state index in [1.165, 1.54) is 0 Å². The molecule has 1 aromatic carbocycles. The number of fused-ring (bicyclic) bond motifs is 1. The van der Waals surface area contributed by atoms with Crippen molar-refractivity contribution in [2.75, 3.05) is 13.2 Å². The smallest absolute Gasteiger partial charge is 0.433 e. The number of para-hydroxylation sites is 2. The number of alkyl halides is 3. The predicted octanol–water partition coefficient (Wildman–Crippen LogP) is 2.67. The van der Waals surface area contributed by atoms with E-state index in [0.717, 1.165) is 18.3 Å². The van der Waals surface area contributed by atoms with E-state index in [0.29, 0.717) is 11.5 Å². The molecular weight excluding hydrogens is 325 g/mol. The van der Waals surface area contributed by atoms with Gasteiger partial charge in [0.1, 0.15) is 18.4 Å².